The standard InChI is InChI=1S/C20H31N5O4S.HI/c1-2-21-20(22-5-7-24-9-11-30(28,29)12-10-24)23-6-8-25-18(26)16-14-3-4-15(13-14)17(16)19(25)27;/h3-4,14-17H,2,5-13H2,1H3,(H2,21,22,23);1H. The van der Waals surface area contributed by atoms with Gasteiger partial charge in [-0.25, -0.2) is 8.42 Å². The Morgan fingerprint density at radius 3 is 2.26 bits per heavy atom. The van der Waals surface area contributed by atoms with Gasteiger partial charge in [0.05, 0.1) is 29.9 Å². The highest BCUT2D eigenvalue weighted by Gasteiger charge is 2.58. The Morgan fingerprint density at radius 1 is 1.06 bits per heavy atom. The summed E-state index contributed by atoms with van der Waals surface area (Å²) in [6.07, 6.45) is 5.15. The number of imide groups is 1. The number of likely N-dealkylation sites (tertiary alicyclic amines) is 1. The molecule has 2 amide bonds. The summed E-state index contributed by atoms with van der Waals surface area (Å²) in [5.41, 5.74) is 0. The lowest BCUT2D eigenvalue weighted by Gasteiger charge is -2.25. The molecule has 2 heterocycles. The van der Waals surface area contributed by atoms with Crippen LogP contribution < -0.4 is 10.6 Å². The van der Waals surface area contributed by atoms with Gasteiger partial charge in [-0.05, 0) is 25.2 Å². The lowest BCUT2D eigenvalue weighted by Crippen LogP contribution is -2.44. The molecule has 0 spiro atoms. The Balaban J connectivity index is 0.00000272. The maximum atomic E-state index is 12.7. The van der Waals surface area contributed by atoms with Gasteiger partial charge in [0.15, 0.2) is 15.8 Å². The summed E-state index contributed by atoms with van der Waals surface area (Å²) in [5.74, 6) is 1.19. The van der Waals surface area contributed by atoms with Crippen LogP contribution in [0.2, 0.25) is 0 Å². The van der Waals surface area contributed by atoms with Crippen LogP contribution >= 0.6 is 24.0 Å². The van der Waals surface area contributed by atoms with Crippen molar-refractivity contribution in [3.05, 3.63) is 12.2 Å². The average Bonchev–Trinajstić information content (AvgIpc) is 3.39. The lowest BCUT2D eigenvalue weighted by molar-refractivity contribution is -0.140. The van der Waals surface area contributed by atoms with Gasteiger partial charge >= 0.3 is 0 Å². The first-order chi connectivity index (χ1) is 14.4. The van der Waals surface area contributed by atoms with Gasteiger partial charge < -0.3 is 10.6 Å². The number of rotatable bonds is 7. The second-order valence-electron chi connectivity index (χ2n) is 8.51. The Hall–Kier alpha value is -1.21. The molecule has 0 aromatic carbocycles. The molecule has 4 rings (SSSR count). The van der Waals surface area contributed by atoms with E-state index in [9.17, 15) is 18.0 Å². The lowest BCUT2D eigenvalue weighted by atomic mass is 9.85. The summed E-state index contributed by atoms with van der Waals surface area (Å²) in [7, 11) is -2.87. The van der Waals surface area contributed by atoms with Crippen molar-refractivity contribution in [2.24, 2.45) is 28.7 Å². The molecule has 2 N–H and O–H groups in total. The van der Waals surface area contributed by atoms with Gasteiger partial charge in [0.1, 0.15) is 0 Å². The molecule has 2 aliphatic carbocycles. The number of hydrogen-bond donors (Lipinski definition) is 2. The number of aliphatic imine (C=N–C) groups is 1. The Labute approximate surface area is 201 Å². The van der Waals surface area contributed by atoms with Gasteiger partial charge in [0, 0.05) is 39.3 Å². The molecule has 1 saturated carbocycles. The number of amides is 2. The number of carbonyl (C=O) groups excluding carboxylic acids is 2. The molecule has 0 aromatic rings. The maximum Gasteiger partial charge on any atom is 0.233 e. The van der Waals surface area contributed by atoms with Crippen molar-refractivity contribution in [1.29, 1.82) is 0 Å². The predicted octanol–water partition coefficient (Wildman–Crippen LogP) is -0.303. The SMILES string of the molecule is CCNC(=NCCN1CCS(=O)(=O)CC1)NCCN1C(=O)C2C3C=CC(C3)C2C1=O.I. The second-order valence-corrected chi connectivity index (χ2v) is 10.8. The van der Waals surface area contributed by atoms with Crippen molar-refractivity contribution in [3.63, 3.8) is 0 Å². The fourth-order valence-corrected chi connectivity index (χ4v) is 6.37. The Morgan fingerprint density at radius 2 is 1.68 bits per heavy atom. The first-order valence-corrected chi connectivity index (χ1v) is 12.7. The number of nitrogens with zero attached hydrogens (tertiary/aromatic N) is 3. The van der Waals surface area contributed by atoms with Crippen molar-refractivity contribution in [3.8, 4) is 0 Å². The third kappa shape index (κ3) is 5.24. The van der Waals surface area contributed by atoms with Crippen LogP contribution in [-0.2, 0) is 19.4 Å². The first-order valence-electron chi connectivity index (χ1n) is 10.9. The number of sulfone groups is 1. The van der Waals surface area contributed by atoms with Crippen molar-refractivity contribution < 1.29 is 18.0 Å². The van der Waals surface area contributed by atoms with Crippen LogP contribution in [0.15, 0.2) is 17.1 Å². The third-order valence-electron chi connectivity index (χ3n) is 6.66. The summed E-state index contributed by atoms with van der Waals surface area (Å²) in [6.45, 7) is 5.84. The fourth-order valence-electron chi connectivity index (χ4n) is 5.09. The van der Waals surface area contributed by atoms with Gasteiger partial charge in [-0.3, -0.25) is 24.4 Å². The molecule has 11 heteroatoms. The molecule has 9 nitrogen and oxygen atoms in total. The number of allylic oxidation sites excluding steroid dienone is 2. The summed E-state index contributed by atoms with van der Waals surface area (Å²) >= 11 is 0. The summed E-state index contributed by atoms with van der Waals surface area (Å²) in [4.78, 5) is 33.5. The van der Waals surface area contributed by atoms with Crippen LogP contribution in [0.1, 0.15) is 13.3 Å². The highest BCUT2D eigenvalue weighted by atomic mass is 127. The average molecular weight is 565 g/mol. The van der Waals surface area contributed by atoms with Crippen molar-refractivity contribution >= 4 is 51.6 Å². The van der Waals surface area contributed by atoms with Crippen molar-refractivity contribution in [2.45, 2.75) is 13.3 Å². The number of fused-ring (bicyclic) bond motifs is 5. The molecule has 0 radical (unpaired) electrons. The minimum Gasteiger partial charge on any atom is -0.357 e. The highest BCUT2D eigenvalue weighted by molar-refractivity contribution is 14.0. The van der Waals surface area contributed by atoms with Gasteiger partial charge in [0.25, 0.3) is 0 Å². The molecule has 174 valence electrons. The van der Waals surface area contributed by atoms with E-state index in [1.165, 1.54) is 4.90 Å². The van der Waals surface area contributed by atoms with E-state index in [1.807, 2.05) is 6.92 Å². The van der Waals surface area contributed by atoms with E-state index >= 15 is 0 Å². The zero-order valence-electron chi connectivity index (χ0n) is 17.8. The van der Waals surface area contributed by atoms with Crippen LogP contribution in [0.25, 0.3) is 0 Å². The predicted molar refractivity (Wildman–Crippen MR) is 129 cm³/mol. The van der Waals surface area contributed by atoms with Crippen LogP contribution in [0.4, 0.5) is 0 Å². The number of carbonyl (C=O) groups is 2. The molecule has 2 saturated heterocycles. The molecule has 4 atom stereocenters. The van der Waals surface area contributed by atoms with E-state index in [0.29, 0.717) is 51.8 Å². The molecule has 0 aromatic heterocycles. The minimum absolute atomic E-state index is 0. The minimum atomic E-state index is -2.87. The molecule has 31 heavy (non-hydrogen) atoms. The largest absolute Gasteiger partial charge is 0.357 e. The maximum absolute atomic E-state index is 12.7. The number of halogens is 1. The van der Waals surface area contributed by atoms with Crippen LogP contribution in [-0.4, -0.2) is 93.3 Å². The molecule has 2 bridgehead atoms. The van der Waals surface area contributed by atoms with Crippen molar-refractivity contribution in [1.82, 2.24) is 20.4 Å². The molecule has 4 aliphatic rings. The topological polar surface area (TPSA) is 111 Å². The molecule has 4 unspecified atom stereocenters. The molecule has 3 fully saturated rings. The smallest absolute Gasteiger partial charge is 0.233 e. The van der Waals surface area contributed by atoms with Gasteiger partial charge in [0.2, 0.25) is 11.8 Å². The number of hydrogen-bond acceptors (Lipinski definition) is 6. The van der Waals surface area contributed by atoms with Gasteiger partial charge in [-0.1, -0.05) is 12.2 Å². The molecular weight excluding hydrogens is 533 g/mol. The normalized spacial score (nSPS) is 31.6. The van der Waals surface area contributed by atoms with Crippen LogP contribution in [0.5, 0.6) is 0 Å². The highest BCUT2D eigenvalue weighted by Crippen LogP contribution is 2.52. The molecular formula is C20H32IN5O4S. The first kappa shape index (κ1) is 24.4. The van der Waals surface area contributed by atoms with E-state index < -0.39 is 9.84 Å². The Bertz CT molecular complexity index is 818. The Kier molecular flexibility index (Phi) is 8.00. The third-order valence-corrected chi connectivity index (χ3v) is 8.27. The zero-order chi connectivity index (χ0) is 21.3. The second kappa shape index (κ2) is 10.2. The quantitative estimate of drug-likeness (QED) is 0.143. The number of nitrogens with one attached hydrogen (secondary N) is 2. The van der Waals surface area contributed by atoms with Crippen LogP contribution in [0.3, 0.4) is 0 Å². The molecule has 2 aliphatic heterocycles. The van der Waals surface area contributed by atoms with Gasteiger partial charge in [-0.15, -0.1) is 24.0 Å². The summed E-state index contributed by atoms with van der Waals surface area (Å²) in [6, 6.07) is 0. The van der Waals surface area contributed by atoms with E-state index in [-0.39, 0.29) is 71.0 Å². The summed E-state index contributed by atoms with van der Waals surface area (Å²) in [5, 5.41) is 6.38. The number of guanidine groups is 1. The van der Waals surface area contributed by atoms with Crippen LogP contribution in [0, 0.1) is 23.7 Å². The zero-order valence-corrected chi connectivity index (χ0v) is 21.0. The van der Waals surface area contributed by atoms with E-state index in [0.717, 1.165) is 6.42 Å². The van der Waals surface area contributed by atoms with Gasteiger partial charge in [-0.2, -0.15) is 0 Å². The fraction of sp³-hybridized carbons (Fsp3) is 0.750. The van der Waals surface area contributed by atoms with E-state index in [1.54, 1.807) is 0 Å². The van der Waals surface area contributed by atoms with E-state index in [2.05, 4.69) is 32.7 Å². The van der Waals surface area contributed by atoms with Crippen molar-refractivity contribution in [2.75, 3.05) is 57.3 Å². The van der Waals surface area contributed by atoms with E-state index in [4.69, 9.17) is 0 Å². The summed E-state index contributed by atoms with van der Waals surface area (Å²) < 4.78 is 23.0. The monoisotopic (exact) mass is 565 g/mol.